The molecule has 2 aromatic rings. The van der Waals surface area contributed by atoms with Crippen molar-refractivity contribution in [2.45, 2.75) is 12.5 Å². The molecule has 2 nitrogen and oxygen atoms in total. The average molecular weight is 359 g/mol. The molecule has 0 fully saturated rings. The lowest BCUT2D eigenvalue weighted by atomic mass is 9.99. The SMILES string of the molecule is COc1cc(Br)ccc1C(N)Cc1cccc(F)c1Cl. The molecule has 0 amide bonds. The Morgan fingerprint density at radius 2 is 2.10 bits per heavy atom. The molecule has 0 aliphatic carbocycles. The van der Waals surface area contributed by atoms with E-state index in [0.717, 1.165) is 10.0 Å². The molecule has 0 spiro atoms. The van der Waals surface area contributed by atoms with Crippen molar-refractivity contribution in [3.8, 4) is 5.75 Å². The Morgan fingerprint density at radius 1 is 1.35 bits per heavy atom. The van der Waals surface area contributed by atoms with Gasteiger partial charge in [-0.25, -0.2) is 4.39 Å². The van der Waals surface area contributed by atoms with Crippen molar-refractivity contribution < 1.29 is 9.13 Å². The zero-order chi connectivity index (χ0) is 14.7. The van der Waals surface area contributed by atoms with Gasteiger partial charge in [-0.15, -0.1) is 0 Å². The van der Waals surface area contributed by atoms with Gasteiger partial charge in [0.25, 0.3) is 0 Å². The van der Waals surface area contributed by atoms with Crippen LogP contribution < -0.4 is 10.5 Å². The van der Waals surface area contributed by atoms with Crippen molar-refractivity contribution in [3.05, 3.63) is 62.8 Å². The summed E-state index contributed by atoms with van der Waals surface area (Å²) < 4.78 is 19.7. The Hall–Kier alpha value is -1.10. The van der Waals surface area contributed by atoms with Gasteiger partial charge in [-0.05, 0) is 30.2 Å². The number of nitrogens with two attached hydrogens (primary N) is 1. The van der Waals surface area contributed by atoms with Crippen molar-refractivity contribution in [1.82, 2.24) is 0 Å². The summed E-state index contributed by atoms with van der Waals surface area (Å²) in [6.07, 6.45) is 0.439. The van der Waals surface area contributed by atoms with Crippen molar-refractivity contribution >= 4 is 27.5 Å². The van der Waals surface area contributed by atoms with Crippen LogP contribution in [-0.4, -0.2) is 7.11 Å². The fourth-order valence-electron chi connectivity index (χ4n) is 2.04. The Balaban J connectivity index is 2.28. The van der Waals surface area contributed by atoms with Crippen molar-refractivity contribution in [2.24, 2.45) is 5.73 Å². The average Bonchev–Trinajstić information content (AvgIpc) is 2.43. The molecule has 0 bridgehead atoms. The zero-order valence-corrected chi connectivity index (χ0v) is 13.2. The molecular formula is C15H14BrClFNO. The first kappa shape index (κ1) is 15.3. The second-order valence-corrected chi connectivity index (χ2v) is 5.70. The predicted octanol–water partition coefficient (Wildman–Crippen LogP) is 4.49. The number of rotatable bonds is 4. The molecule has 1 atom stereocenters. The second kappa shape index (κ2) is 6.57. The molecule has 20 heavy (non-hydrogen) atoms. The molecule has 2 aromatic carbocycles. The third-order valence-electron chi connectivity index (χ3n) is 3.07. The van der Waals surface area contributed by atoms with E-state index >= 15 is 0 Å². The molecule has 5 heteroatoms. The summed E-state index contributed by atoms with van der Waals surface area (Å²) in [6, 6.07) is 10.0. The smallest absolute Gasteiger partial charge is 0.142 e. The highest BCUT2D eigenvalue weighted by Gasteiger charge is 2.15. The van der Waals surface area contributed by atoms with E-state index in [-0.39, 0.29) is 11.1 Å². The number of ether oxygens (including phenoxy) is 1. The summed E-state index contributed by atoms with van der Waals surface area (Å²) in [5, 5.41) is 0.124. The van der Waals surface area contributed by atoms with Crippen LogP contribution in [0, 0.1) is 5.82 Å². The summed E-state index contributed by atoms with van der Waals surface area (Å²) in [4.78, 5) is 0. The van der Waals surface area contributed by atoms with Gasteiger partial charge in [0, 0.05) is 16.1 Å². The van der Waals surface area contributed by atoms with Gasteiger partial charge >= 0.3 is 0 Å². The molecule has 2 rings (SSSR count). The molecule has 0 saturated carbocycles. The topological polar surface area (TPSA) is 35.2 Å². The van der Waals surface area contributed by atoms with Crippen LogP contribution in [0.2, 0.25) is 5.02 Å². The van der Waals surface area contributed by atoms with Gasteiger partial charge in [0.1, 0.15) is 11.6 Å². The first-order valence-corrected chi connectivity index (χ1v) is 7.22. The maximum absolute atomic E-state index is 13.4. The number of benzene rings is 2. The van der Waals surface area contributed by atoms with Crippen LogP contribution in [0.25, 0.3) is 0 Å². The third kappa shape index (κ3) is 3.32. The highest BCUT2D eigenvalue weighted by atomic mass is 79.9. The lowest BCUT2D eigenvalue weighted by Crippen LogP contribution is -2.15. The van der Waals surface area contributed by atoms with E-state index in [1.54, 1.807) is 19.2 Å². The van der Waals surface area contributed by atoms with E-state index < -0.39 is 5.82 Å². The highest BCUT2D eigenvalue weighted by molar-refractivity contribution is 9.10. The van der Waals surface area contributed by atoms with E-state index in [9.17, 15) is 4.39 Å². The standard InChI is InChI=1S/C15H14BrClFNO/c1-20-14-8-10(16)5-6-11(14)13(19)7-9-3-2-4-12(18)15(9)17/h2-6,8,13H,7,19H2,1H3. The van der Waals surface area contributed by atoms with Crippen molar-refractivity contribution in [2.75, 3.05) is 7.11 Å². The Bertz CT molecular complexity index is 621. The van der Waals surface area contributed by atoms with Crippen LogP contribution in [-0.2, 0) is 6.42 Å². The fraction of sp³-hybridized carbons (Fsp3) is 0.200. The minimum atomic E-state index is -0.431. The number of hydrogen-bond donors (Lipinski definition) is 1. The maximum Gasteiger partial charge on any atom is 0.142 e. The van der Waals surface area contributed by atoms with E-state index in [0.29, 0.717) is 17.7 Å². The number of halogens is 3. The molecule has 0 aliphatic heterocycles. The highest BCUT2D eigenvalue weighted by Crippen LogP contribution is 2.31. The van der Waals surface area contributed by atoms with Crippen LogP contribution >= 0.6 is 27.5 Å². The number of methoxy groups -OCH3 is 1. The van der Waals surface area contributed by atoms with Gasteiger partial charge < -0.3 is 10.5 Å². The number of hydrogen-bond acceptors (Lipinski definition) is 2. The van der Waals surface area contributed by atoms with Gasteiger partial charge in [-0.3, -0.25) is 0 Å². The van der Waals surface area contributed by atoms with Gasteiger partial charge in [-0.2, -0.15) is 0 Å². The van der Waals surface area contributed by atoms with Gasteiger partial charge in [0.2, 0.25) is 0 Å². The molecule has 2 N–H and O–H groups in total. The Labute approximate surface area is 130 Å². The Kier molecular flexibility index (Phi) is 5.02. The van der Waals surface area contributed by atoms with Crippen LogP contribution in [0.1, 0.15) is 17.2 Å². The molecule has 0 aliphatic rings. The van der Waals surface area contributed by atoms with Crippen LogP contribution in [0.4, 0.5) is 4.39 Å². The second-order valence-electron chi connectivity index (χ2n) is 4.41. The minimum absolute atomic E-state index is 0.124. The first-order valence-electron chi connectivity index (χ1n) is 6.05. The van der Waals surface area contributed by atoms with Crippen LogP contribution in [0.3, 0.4) is 0 Å². The monoisotopic (exact) mass is 357 g/mol. The van der Waals surface area contributed by atoms with Crippen molar-refractivity contribution in [1.29, 1.82) is 0 Å². The molecule has 0 radical (unpaired) electrons. The lowest BCUT2D eigenvalue weighted by molar-refractivity contribution is 0.405. The van der Waals surface area contributed by atoms with E-state index in [1.807, 2.05) is 18.2 Å². The normalized spacial score (nSPS) is 12.2. The summed E-state index contributed by atoms with van der Waals surface area (Å²) in [7, 11) is 1.59. The summed E-state index contributed by atoms with van der Waals surface area (Å²) >= 11 is 9.34. The molecule has 0 aromatic heterocycles. The van der Waals surface area contributed by atoms with Gasteiger partial charge in [-0.1, -0.05) is 45.7 Å². The Morgan fingerprint density at radius 3 is 2.80 bits per heavy atom. The molecular weight excluding hydrogens is 345 g/mol. The van der Waals surface area contributed by atoms with E-state index in [4.69, 9.17) is 22.1 Å². The summed E-state index contributed by atoms with van der Waals surface area (Å²) in [6.45, 7) is 0. The summed E-state index contributed by atoms with van der Waals surface area (Å²) in [5.74, 6) is 0.263. The minimum Gasteiger partial charge on any atom is -0.496 e. The quantitative estimate of drug-likeness (QED) is 0.874. The molecule has 106 valence electrons. The van der Waals surface area contributed by atoms with Gasteiger partial charge in [0.15, 0.2) is 0 Å². The van der Waals surface area contributed by atoms with E-state index in [2.05, 4.69) is 15.9 Å². The van der Waals surface area contributed by atoms with Crippen LogP contribution in [0.5, 0.6) is 5.75 Å². The van der Waals surface area contributed by atoms with Crippen molar-refractivity contribution in [3.63, 3.8) is 0 Å². The summed E-state index contributed by atoms with van der Waals surface area (Å²) in [5.41, 5.74) is 7.74. The molecule has 1 unspecified atom stereocenters. The van der Waals surface area contributed by atoms with Gasteiger partial charge in [0.05, 0.1) is 12.1 Å². The fourth-order valence-corrected chi connectivity index (χ4v) is 2.59. The predicted molar refractivity (Wildman–Crippen MR) is 82.7 cm³/mol. The lowest BCUT2D eigenvalue weighted by Gasteiger charge is -2.17. The zero-order valence-electron chi connectivity index (χ0n) is 10.9. The van der Waals surface area contributed by atoms with E-state index in [1.165, 1.54) is 6.07 Å². The largest absolute Gasteiger partial charge is 0.496 e. The third-order valence-corrected chi connectivity index (χ3v) is 3.98. The van der Waals surface area contributed by atoms with Crippen LogP contribution in [0.15, 0.2) is 40.9 Å². The molecule has 0 saturated heterocycles. The maximum atomic E-state index is 13.4. The molecule has 0 heterocycles. The first-order chi connectivity index (χ1) is 9.52.